The van der Waals surface area contributed by atoms with Crippen molar-refractivity contribution in [2.75, 3.05) is 26.8 Å². The summed E-state index contributed by atoms with van der Waals surface area (Å²) in [5.74, 6) is -0.0459. The molecule has 116 valence electrons. The van der Waals surface area contributed by atoms with Gasteiger partial charge in [-0.05, 0) is 19.9 Å². The second kappa shape index (κ2) is 8.05. The molecule has 3 N–H and O–H groups in total. The summed E-state index contributed by atoms with van der Waals surface area (Å²) >= 11 is 0. The third-order valence-corrected chi connectivity index (χ3v) is 2.69. The van der Waals surface area contributed by atoms with Gasteiger partial charge in [0.15, 0.2) is 11.5 Å². The highest BCUT2D eigenvalue weighted by Crippen LogP contribution is 2.34. The first-order valence-corrected chi connectivity index (χ1v) is 6.52. The second-order valence-electron chi connectivity index (χ2n) is 4.11. The number of carbonyl (C=O) groups is 1. The molecule has 8 heteroatoms. The number of nitro benzene ring substituents is 1. The molecule has 0 heterocycles. The van der Waals surface area contributed by atoms with E-state index < -0.39 is 10.8 Å². The van der Waals surface area contributed by atoms with E-state index in [0.717, 1.165) is 0 Å². The molecule has 0 bridgehead atoms. The smallest absolute Gasteiger partial charge is 0.286 e. The Labute approximate surface area is 122 Å². The maximum Gasteiger partial charge on any atom is 0.286 e. The van der Waals surface area contributed by atoms with Crippen LogP contribution >= 0.6 is 0 Å². The predicted octanol–water partition coefficient (Wildman–Crippen LogP) is 1.08. The van der Waals surface area contributed by atoms with E-state index >= 15 is 0 Å². The van der Waals surface area contributed by atoms with Crippen LogP contribution in [0.3, 0.4) is 0 Å². The van der Waals surface area contributed by atoms with E-state index in [1.54, 1.807) is 6.92 Å². The predicted molar refractivity (Wildman–Crippen MR) is 76.8 cm³/mol. The number of hydrogen-bond donors (Lipinski definition) is 2. The van der Waals surface area contributed by atoms with E-state index in [9.17, 15) is 14.9 Å². The normalized spacial score (nSPS) is 10.0. The summed E-state index contributed by atoms with van der Waals surface area (Å²) in [6, 6.07) is 2.50. The Morgan fingerprint density at radius 3 is 2.67 bits per heavy atom. The number of benzene rings is 1. The van der Waals surface area contributed by atoms with Crippen LogP contribution in [-0.4, -0.2) is 37.6 Å². The lowest BCUT2D eigenvalue weighted by Gasteiger charge is -2.12. The number of nitrogens with one attached hydrogen (secondary N) is 1. The number of amides is 1. The number of ether oxygens (including phenoxy) is 2. The van der Waals surface area contributed by atoms with E-state index in [1.165, 1.54) is 19.2 Å². The average Bonchev–Trinajstić information content (AvgIpc) is 2.47. The molecule has 0 unspecified atom stereocenters. The molecule has 0 atom stereocenters. The first-order valence-electron chi connectivity index (χ1n) is 6.52. The van der Waals surface area contributed by atoms with E-state index in [0.29, 0.717) is 26.1 Å². The van der Waals surface area contributed by atoms with Crippen LogP contribution in [0.5, 0.6) is 11.5 Å². The Kier molecular flexibility index (Phi) is 6.41. The van der Waals surface area contributed by atoms with Crippen LogP contribution in [0.15, 0.2) is 12.1 Å². The zero-order chi connectivity index (χ0) is 15.8. The number of nitrogens with zero attached hydrogens (tertiary/aromatic N) is 1. The van der Waals surface area contributed by atoms with Crippen molar-refractivity contribution in [3.63, 3.8) is 0 Å². The second-order valence-corrected chi connectivity index (χ2v) is 4.11. The minimum atomic E-state index is -0.629. The van der Waals surface area contributed by atoms with Crippen molar-refractivity contribution >= 4 is 11.6 Å². The average molecular weight is 297 g/mol. The number of hydrogen-bond acceptors (Lipinski definition) is 6. The van der Waals surface area contributed by atoms with Crippen molar-refractivity contribution in [3.8, 4) is 11.5 Å². The van der Waals surface area contributed by atoms with E-state index in [2.05, 4.69) is 5.32 Å². The van der Waals surface area contributed by atoms with E-state index in [4.69, 9.17) is 15.2 Å². The van der Waals surface area contributed by atoms with Crippen LogP contribution in [0, 0.1) is 10.1 Å². The fourth-order valence-corrected chi connectivity index (χ4v) is 1.71. The molecule has 0 radical (unpaired) electrons. The highest BCUT2D eigenvalue weighted by Gasteiger charge is 2.24. The summed E-state index contributed by atoms with van der Waals surface area (Å²) < 4.78 is 10.4. The number of methoxy groups -OCH3 is 1. The molecule has 0 aliphatic rings. The molecule has 0 saturated heterocycles. The van der Waals surface area contributed by atoms with Crippen LogP contribution < -0.4 is 20.5 Å². The van der Waals surface area contributed by atoms with Gasteiger partial charge >= 0.3 is 0 Å². The summed E-state index contributed by atoms with van der Waals surface area (Å²) in [6.07, 6.45) is 0.591. The third-order valence-electron chi connectivity index (χ3n) is 2.69. The molecule has 1 amide bonds. The molecule has 1 rings (SSSR count). The molecule has 0 saturated carbocycles. The van der Waals surface area contributed by atoms with Gasteiger partial charge in [0.2, 0.25) is 0 Å². The Morgan fingerprint density at radius 2 is 2.14 bits per heavy atom. The van der Waals surface area contributed by atoms with Gasteiger partial charge in [0.1, 0.15) is 5.56 Å². The topological polar surface area (TPSA) is 117 Å². The molecule has 0 aliphatic heterocycles. The fourth-order valence-electron chi connectivity index (χ4n) is 1.71. The van der Waals surface area contributed by atoms with Crippen molar-refractivity contribution in [3.05, 3.63) is 27.8 Å². The van der Waals surface area contributed by atoms with Crippen LogP contribution in [0.1, 0.15) is 23.7 Å². The van der Waals surface area contributed by atoms with Gasteiger partial charge in [0, 0.05) is 12.6 Å². The summed E-state index contributed by atoms with van der Waals surface area (Å²) in [5, 5.41) is 13.7. The van der Waals surface area contributed by atoms with Gasteiger partial charge in [-0.25, -0.2) is 0 Å². The zero-order valence-corrected chi connectivity index (χ0v) is 12.0. The summed E-state index contributed by atoms with van der Waals surface area (Å²) in [5.41, 5.74) is 4.94. The Hall–Kier alpha value is -2.35. The van der Waals surface area contributed by atoms with Gasteiger partial charge in [0.05, 0.1) is 24.7 Å². The summed E-state index contributed by atoms with van der Waals surface area (Å²) in [7, 11) is 1.38. The van der Waals surface area contributed by atoms with Gasteiger partial charge in [-0.3, -0.25) is 14.9 Å². The van der Waals surface area contributed by atoms with Crippen molar-refractivity contribution in [1.29, 1.82) is 0 Å². The van der Waals surface area contributed by atoms with E-state index in [-0.39, 0.29) is 22.7 Å². The van der Waals surface area contributed by atoms with Gasteiger partial charge in [-0.15, -0.1) is 0 Å². The lowest BCUT2D eigenvalue weighted by molar-refractivity contribution is -0.385. The first-order chi connectivity index (χ1) is 10.0. The number of rotatable bonds is 8. The zero-order valence-electron chi connectivity index (χ0n) is 12.0. The minimum absolute atomic E-state index is 0.0683. The van der Waals surface area contributed by atoms with Gasteiger partial charge in [0.25, 0.3) is 11.6 Å². The fraction of sp³-hybridized carbons (Fsp3) is 0.462. The van der Waals surface area contributed by atoms with Gasteiger partial charge in [-0.1, -0.05) is 0 Å². The lowest BCUT2D eigenvalue weighted by Crippen LogP contribution is -2.26. The maximum absolute atomic E-state index is 12.0. The molecule has 0 fully saturated rings. The molecule has 21 heavy (non-hydrogen) atoms. The standard InChI is InChI=1S/C13H19N3O5/c1-3-21-12-7-9(13(17)15-6-4-5-14)10(16(18)19)8-11(12)20-2/h7-8H,3-6,14H2,1-2H3,(H,15,17). The van der Waals surface area contributed by atoms with Crippen LogP contribution in [-0.2, 0) is 0 Å². The van der Waals surface area contributed by atoms with Crippen molar-refractivity contribution in [2.24, 2.45) is 5.73 Å². The molecular formula is C13H19N3O5. The number of nitrogens with two attached hydrogens (primary N) is 1. The number of nitro groups is 1. The largest absolute Gasteiger partial charge is 0.493 e. The third kappa shape index (κ3) is 4.32. The Balaban J connectivity index is 3.17. The van der Waals surface area contributed by atoms with Gasteiger partial charge in [-0.2, -0.15) is 0 Å². The molecular weight excluding hydrogens is 278 g/mol. The lowest BCUT2D eigenvalue weighted by atomic mass is 10.1. The van der Waals surface area contributed by atoms with Crippen molar-refractivity contribution in [1.82, 2.24) is 5.32 Å². The minimum Gasteiger partial charge on any atom is -0.493 e. The quantitative estimate of drug-likeness (QED) is 0.421. The monoisotopic (exact) mass is 297 g/mol. The highest BCUT2D eigenvalue weighted by atomic mass is 16.6. The highest BCUT2D eigenvalue weighted by molar-refractivity contribution is 5.99. The SMILES string of the molecule is CCOc1cc(C(=O)NCCCN)c([N+](=O)[O-])cc1OC. The maximum atomic E-state index is 12.0. The number of carbonyl (C=O) groups excluding carboxylic acids is 1. The molecule has 8 nitrogen and oxygen atoms in total. The molecule has 0 aromatic heterocycles. The van der Waals surface area contributed by atoms with E-state index in [1.807, 2.05) is 0 Å². The first kappa shape index (κ1) is 16.7. The molecule has 0 aliphatic carbocycles. The van der Waals surface area contributed by atoms with Crippen molar-refractivity contribution in [2.45, 2.75) is 13.3 Å². The summed E-state index contributed by atoms with van der Waals surface area (Å²) in [6.45, 7) is 2.89. The molecule has 1 aromatic rings. The van der Waals surface area contributed by atoms with Crippen LogP contribution in [0.2, 0.25) is 0 Å². The van der Waals surface area contributed by atoms with Crippen molar-refractivity contribution < 1.29 is 19.2 Å². The van der Waals surface area contributed by atoms with Gasteiger partial charge < -0.3 is 20.5 Å². The summed E-state index contributed by atoms with van der Waals surface area (Å²) in [4.78, 5) is 22.5. The Bertz CT molecular complexity index is 519. The Morgan fingerprint density at radius 1 is 1.43 bits per heavy atom. The molecule has 0 spiro atoms. The van der Waals surface area contributed by atoms with Crippen LogP contribution in [0.4, 0.5) is 5.69 Å². The molecule has 1 aromatic carbocycles. The van der Waals surface area contributed by atoms with Crippen LogP contribution in [0.25, 0.3) is 0 Å².